The number of rotatable bonds is 8. The van der Waals surface area contributed by atoms with E-state index in [0.29, 0.717) is 40.4 Å². The first kappa shape index (κ1) is 23.9. The number of amides is 1. The van der Waals surface area contributed by atoms with Crippen molar-refractivity contribution in [2.24, 2.45) is 0 Å². The van der Waals surface area contributed by atoms with Crippen LogP contribution in [0.5, 0.6) is 0 Å². The Bertz CT molecular complexity index is 1330. The molecule has 4 aromatic rings. The third-order valence-corrected chi connectivity index (χ3v) is 6.27. The van der Waals surface area contributed by atoms with E-state index in [4.69, 9.17) is 9.26 Å². The normalized spacial score (nSPS) is 14.2. The third kappa shape index (κ3) is 5.37. The molecule has 0 aliphatic carbocycles. The number of nitrogens with one attached hydrogen (secondary N) is 1. The van der Waals surface area contributed by atoms with Crippen LogP contribution in [0.2, 0.25) is 0 Å². The molecule has 1 N–H and O–H groups in total. The first-order valence-corrected chi connectivity index (χ1v) is 12.0. The van der Waals surface area contributed by atoms with Gasteiger partial charge in [-0.2, -0.15) is 0 Å². The lowest BCUT2D eigenvalue weighted by molar-refractivity contribution is 0.0374. The average Bonchev–Trinajstić information content (AvgIpc) is 3.54. The van der Waals surface area contributed by atoms with Gasteiger partial charge in [0.25, 0.3) is 5.91 Å². The Morgan fingerprint density at radius 1 is 1.14 bits per heavy atom. The molecule has 1 saturated heterocycles. The lowest BCUT2D eigenvalue weighted by Crippen LogP contribution is -2.38. The predicted octanol–water partition coefficient (Wildman–Crippen LogP) is 4.09. The first-order valence-electron chi connectivity index (χ1n) is 12.0. The molecule has 1 fully saturated rings. The molecule has 9 heteroatoms. The highest BCUT2D eigenvalue weighted by Crippen LogP contribution is 2.33. The number of benzene rings is 2. The summed E-state index contributed by atoms with van der Waals surface area (Å²) in [5, 5.41) is 7.12. The summed E-state index contributed by atoms with van der Waals surface area (Å²) in [6.07, 6.45) is 4.46. The van der Waals surface area contributed by atoms with E-state index in [-0.39, 0.29) is 11.7 Å². The summed E-state index contributed by atoms with van der Waals surface area (Å²) in [6.45, 7) is 6.86. The zero-order valence-electron chi connectivity index (χ0n) is 20.1. The van der Waals surface area contributed by atoms with Crippen molar-refractivity contribution in [2.45, 2.75) is 13.3 Å². The molecule has 0 unspecified atom stereocenters. The smallest absolute Gasteiger partial charge is 0.251 e. The van der Waals surface area contributed by atoms with Crippen molar-refractivity contribution in [3.8, 4) is 28.2 Å². The van der Waals surface area contributed by atoms with Crippen molar-refractivity contribution in [1.29, 1.82) is 0 Å². The second-order valence-electron chi connectivity index (χ2n) is 8.75. The van der Waals surface area contributed by atoms with Crippen LogP contribution in [0.4, 0.5) is 4.39 Å². The van der Waals surface area contributed by atoms with Crippen molar-refractivity contribution in [2.75, 3.05) is 39.4 Å². The summed E-state index contributed by atoms with van der Waals surface area (Å²) in [7, 11) is 0. The molecule has 2 aromatic carbocycles. The second-order valence-corrected chi connectivity index (χ2v) is 8.75. The van der Waals surface area contributed by atoms with Gasteiger partial charge in [0.1, 0.15) is 17.3 Å². The maximum absolute atomic E-state index is 13.8. The number of carbonyl (C=O) groups excluding carboxylic acids is 1. The van der Waals surface area contributed by atoms with E-state index < -0.39 is 0 Å². The van der Waals surface area contributed by atoms with Crippen LogP contribution < -0.4 is 5.32 Å². The Morgan fingerprint density at radius 3 is 2.72 bits per heavy atom. The molecular formula is C27H28FN5O3. The summed E-state index contributed by atoms with van der Waals surface area (Å²) < 4.78 is 26.4. The molecule has 0 bridgehead atoms. The van der Waals surface area contributed by atoms with E-state index in [1.165, 1.54) is 12.1 Å². The monoisotopic (exact) mass is 489 g/mol. The Balaban J connectivity index is 1.23. The van der Waals surface area contributed by atoms with Crippen LogP contribution in [0.25, 0.3) is 28.2 Å². The summed E-state index contributed by atoms with van der Waals surface area (Å²) in [6, 6.07) is 13.6. The minimum atomic E-state index is -0.342. The van der Waals surface area contributed by atoms with Crippen LogP contribution >= 0.6 is 0 Å². The number of aryl methyl sites for hydroxylation is 1. The lowest BCUT2D eigenvalue weighted by atomic mass is 10.0. The van der Waals surface area contributed by atoms with E-state index in [0.717, 1.165) is 45.0 Å². The highest BCUT2D eigenvalue weighted by molar-refractivity contribution is 5.94. The largest absolute Gasteiger partial charge is 0.379 e. The maximum atomic E-state index is 13.8. The number of carbonyl (C=O) groups is 1. The molecule has 2 aromatic heterocycles. The highest BCUT2D eigenvalue weighted by Gasteiger charge is 2.19. The molecule has 1 amide bonds. The molecule has 1 aliphatic rings. The van der Waals surface area contributed by atoms with Crippen molar-refractivity contribution in [1.82, 2.24) is 24.9 Å². The Labute approximate surface area is 208 Å². The van der Waals surface area contributed by atoms with Gasteiger partial charge < -0.3 is 19.1 Å². The minimum absolute atomic E-state index is 0.0883. The molecular weight excluding hydrogens is 461 g/mol. The van der Waals surface area contributed by atoms with Crippen molar-refractivity contribution in [3.05, 3.63) is 78.2 Å². The standard InChI is InChI=1S/C27H28FN5O3/c1-19-25(26(31-36-19)21-4-2-5-22(28)16-21)24-17-33(18-30-24)23-8-6-20(7-9-23)27(34)29-10-3-11-32-12-14-35-15-13-32/h2,4-9,16-18H,3,10-15H2,1H3,(H,29,34). The molecule has 0 spiro atoms. The Hall–Kier alpha value is -3.82. The number of hydrogen-bond donors (Lipinski definition) is 1. The zero-order valence-corrected chi connectivity index (χ0v) is 20.1. The van der Waals surface area contributed by atoms with Gasteiger partial charge in [-0.25, -0.2) is 9.37 Å². The fourth-order valence-corrected chi connectivity index (χ4v) is 4.32. The molecule has 1 aliphatic heterocycles. The van der Waals surface area contributed by atoms with Gasteiger partial charge in [0.2, 0.25) is 0 Å². The van der Waals surface area contributed by atoms with Gasteiger partial charge >= 0.3 is 0 Å². The minimum Gasteiger partial charge on any atom is -0.379 e. The topological polar surface area (TPSA) is 85.4 Å². The summed E-state index contributed by atoms with van der Waals surface area (Å²) in [5.41, 5.74) is 4.00. The van der Waals surface area contributed by atoms with E-state index in [1.54, 1.807) is 37.5 Å². The summed E-state index contributed by atoms with van der Waals surface area (Å²) in [4.78, 5) is 19.4. The molecule has 8 nitrogen and oxygen atoms in total. The molecule has 0 saturated carbocycles. The molecule has 36 heavy (non-hydrogen) atoms. The van der Waals surface area contributed by atoms with Crippen LogP contribution in [-0.2, 0) is 4.74 Å². The van der Waals surface area contributed by atoms with Crippen molar-refractivity contribution in [3.63, 3.8) is 0 Å². The number of morpholine rings is 1. The number of aromatic nitrogens is 3. The van der Waals surface area contributed by atoms with E-state index in [1.807, 2.05) is 22.9 Å². The lowest BCUT2D eigenvalue weighted by Gasteiger charge is -2.26. The van der Waals surface area contributed by atoms with Crippen LogP contribution in [0.1, 0.15) is 22.5 Å². The van der Waals surface area contributed by atoms with Gasteiger partial charge in [-0.3, -0.25) is 9.69 Å². The molecule has 3 heterocycles. The van der Waals surface area contributed by atoms with Gasteiger partial charge in [-0.05, 0) is 56.3 Å². The quantitative estimate of drug-likeness (QED) is 0.375. The number of halogens is 1. The van der Waals surface area contributed by atoms with Crippen molar-refractivity contribution < 1.29 is 18.4 Å². The fraction of sp³-hybridized carbons (Fsp3) is 0.296. The van der Waals surface area contributed by atoms with Gasteiger partial charge in [0, 0.05) is 42.6 Å². The van der Waals surface area contributed by atoms with E-state index in [9.17, 15) is 9.18 Å². The Morgan fingerprint density at radius 2 is 1.94 bits per heavy atom. The number of hydrogen-bond acceptors (Lipinski definition) is 6. The maximum Gasteiger partial charge on any atom is 0.251 e. The van der Waals surface area contributed by atoms with Crippen LogP contribution in [0.3, 0.4) is 0 Å². The zero-order chi connectivity index (χ0) is 24.9. The average molecular weight is 490 g/mol. The fourth-order valence-electron chi connectivity index (χ4n) is 4.32. The van der Waals surface area contributed by atoms with Crippen LogP contribution in [-0.4, -0.2) is 64.9 Å². The van der Waals surface area contributed by atoms with E-state index >= 15 is 0 Å². The summed E-state index contributed by atoms with van der Waals surface area (Å²) >= 11 is 0. The molecule has 186 valence electrons. The first-order chi connectivity index (χ1) is 17.6. The van der Waals surface area contributed by atoms with E-state index in [2.05, 4.69) is 20.4 Å². The van der Waals surface area contributed by atoms with Crippen molar-refractivity contribution >= 4 is 5.91 Å². The van der Waals surface area contributed by atoms with Gasteiger partial charge in [-0.1, -0.05) is 17.3 Å². The summed E-state index contributed by atoms with van der Waals surface area (Å²) in [5.74, 6) is 0.167. The van der Waals surface area contributed by atoms with Crippen LogP contribution in [0, 0.1) is 12.7 Å². The SMILES string of the molecule is Cc1onc(-c2cccc(F)c2)c1-c1cn(-c2ccc(C(=O)NCCCN3CCOCC3)cc2)cn1. The number of ether oxygens (including phenoxy) is 1. The second kappa shape index (κ2) is 10.8. The number of imidazole rings is 1. The Kier molecular flexibility index (Phi) is 7.20. The van der Waals surface area contributed by atoms with Crippen LogP contribution in [0.15, 0.2) is 65.6 Å². The van der Waals surface area contributed by atoms with Gasteiger partial charge in [-0.15, -0.1) is 0 Å². The highest BCUT2D eigenvalue weighted by atomic mass is 19.1. The molecule has 0 atom stereocenters. The number of nitrogens with zero attached hydrogens (tertiary/aromatic N) is 4. The predicted molar refractivity (Wildman–Crippen MR) is 133 cm³/mol. The van der Waals surface area contributed by atoms with Gasteiger partial charge in [0.15, 0.2) is 0 Å². The third-order valence-electron chi connectivity index (χ3n) is 6.27. The van der Waals surface area contributed by atoms with Gasteiger partial charge in [0.05, 0.1) is 30.8 Å². The molecule has 0 radical (unpaired) electrons. The molecule has 5 rings (SSSR count).